The number of carbonyl (C=O) groups excluding carboxylic acids is 1. The average molecular weight is 342 g/mol. The van der Waals surface area contributed by atoms with Crippen molar-refractivity contribution >= 4 is 23.5 Å². The van der Waals surface area contributed by atoms with Crippen molar-refractivity contribution in [2.45, 2.75) is 30.8 Å². The third-order valence-corrected chi connectivity index (χ3v) is 5.30. The van der Waals surface area contributed by atoms with Crippen molar-refractivity contribution in [3.63, 3.8) is 0 Å². The number of benzene rings is 2. The van der Waals surface area contributed by atoms with Crippen LogP contribution in [-0.2, 0) is 21.5 Å². The van der Waals surface area contributed by atoms with Crippen molar-refractivity contribution in [2.75, 3.05) is 0 Å². The van der Waals surface area contributed by atoms with Gasteiger partial charge in [0.15, 0.2) is 6.04 Å². The Labute approximate surface area is 144 Å². The van der Waals surface area contributed by atoms with Gasteiger partial charge < -0.3 is 10.0 Å². The second kappa shape index (κ2) is 5.35. The monoisotopic (exact) mass is 341 g/mol. The Morgan fingerprint density at radius 2 is 1.75 bits per heavy atom. The first-order valence-corrected chi connectivity index (χ1v) is 8.28. The Kier molecular flexibility index (Phi) is 3.39. The Hall–Kier alpha value is -2.33. The molecule has 5 heteroatoms. The summed E-state index contributed by atoms with van der Waals surface area (Å²) in [6, 6.07) is 13.8. The zero-order chi connectivity index (χ0) is 16.9. The minimum absolute atomic E-state index is 0.103. The molecule has 1 atom stereocenters. The van der Waals surface area contributed by atoms with Crippen LogP contribution in [0.1, 0.15) is 35.6 Å². The maximum atomic E-state index is 13.2. The molecule has 1 heterocycles. The molecular formula is C19H16ClNO3. The number of aliphatic carboxylic acids is 1. The normalized spacial score (nSPS) is 20.5. The number of fused-ring (bicyclic) bond motifs is 1. The highest BCUT2D eigenvalue weighted by atomic mass is 35.5. The molecule has 1 fully saturated rings. The van der Waals surface area contributed by atoms with Gasteiger partial charge in [-0.25, -0.2) is 4.79 Å². The lowest BCUT2D eigenvalue weighted by molar-refractivity contribution is -0.151. The quantitative estimate of drug-likeness (QED) is 0.929. The fourth-order valence-corrected chi connectivity index (χ4v) is 3.76. The Bertz CT molecular complexity index is 827. The second-order valence-corrected chi connectivity index (χ2v) is 6.90. The predicted octanol–water partition coefficient (Wildman–Crippen LogP) is 3.54. The Morgan fingerprint density at radius 1 is 1.08 bits per heavy atom. The molecule has 0 spiro atoms. The number of carboxylic acid groups (broad SMARTS) is 1. The summed E-state index contributed by atoms with van der Waals surface area (Å²) < 4.78 is 0. The molecule has 1 aliphatic carbocycles. The molecule has 4 rings (SSSR count). The highest BCUT2D eigenvalue weighted by Gasteiger charge is 2.55. The minimum Gasteiger partial charge on any atom is -0.479 e. The standard InChI is InChI=1S/C19H16ClNO3/c20-14-7-5-13(6-8-14)19(9-10-19)18(24)21-11-12-3-1-2-4-15(12)16(21)17(22)23/h1-8,16H,9-11H2,(H,22,23)/t16-/m1/s1. The van der Waals surface area contributed by atoms with E-state index in [9.17, 15) is 14.7 Å². The van der Waals surface area contributed by atoms with Gasteiger partial charge in [-0.2, -0.15) is 0 Å². The maximum absolute atomic E-state index is 13.2. The van der Waals surface area contributed by atoms with Gasteiger partial charge in [0, 0.05) is 11.6 Å². The fourth-order valence-electron chi connectivity index (χ4n) is 3.64. The first-order chi connectivity index (χ1) is 11.5. The minimum atomic E-state index is -0.986. The maximum Gasteiger partial charge on any atom is 0.331 e. The van der Waals surface area contributed by atoms with E-state index in [0.717, 1.165) is 24.0 Å². The van der Waals surface area contributed by atoms with Crippen LogP contribution in [0.5, 0.6) is 0 Å². The van der Waals surface area contributed by atoms with Crippen molar-refractivity contribution < 1.29 is 14.7 Å². The van der Waals surface area contributed by atoms with Gasteiger partial charge in [-0.3, -0.25) is 4.79 Å². The van der Waals surface area contributed by atoms with Gasteiger partial charge in [0.05, 0.1) is 5.41 Å². The molecule has 1 aliphatic heterocycles. The van der Waals surface area contributed by atoms with E-state index < -0.39 is 17.4 Å². The van der Waals surface area contributed by atoms with Crippen LogP contribution in [0, 0.1) is 0 Å². The molecule has 1 N–H and O–H groups in total. The van der Waals surface area contributed by atoms with Crippen LogP contribution >= 0.6 is 11.6 Å². The summed E-state index contributed by atoms with van der Waals surface area (Å²) in [6.45, 7) is 0.349. The number of amides is 1. The molecule has 0 bridgehead atoms. The molecule has 1 amide bonds. The van der Waals surface area contributed by atoms with Crippen LogP contribution in [0.2, 0.25) is 5.02 Å². The zero-order valence-electron chi connectivity index (χ0n) is 12.9. The van der Waals surface area contributed by atoms with Crippen LogP contribution < -0.4 is 0 Å². The molecule has 0 aromatic heterocycles. The van der Waals surface area contributed by atoms with E-state index in [-0.39, 0.29) is 5.91 Å². The molecule has 122 valence electrons. The summed E-state index contributed by atoms with van der Waals surface area (Å²) >= 11 is 5.94. The van der Waals surface area contributed by atoms with Crippen LogP contribution in [0.25, 0.3) is 0 Å². The summed E-state index contributed by atoms with van der Waals surface area (Å²) in [5, 5.41) is 10.3. The van der Waals surface area contributed by atoms with E-state index in [2.05, 4.69) is 0 Å². The highest BCUT2D eigenvalue weighted by Crippen LogP contribution is 2.52. The van der Waals surface area contributed by atoms with E-state index in [1.165, 1.54) is 4.90 Å². The van der Waals surface area contributed by atoms with E-state index >= 15 is 0 Å². The summed E-state index contributed by atoms with van der Waals surface area (Å²) in [4.78, 5) is 26.5. The fraction of sp³-hybridized carbons (Fsp3) is 0.263. The summed E-state index contributed by atoms with van der Waals surface area (Å²) in [5.74, 6) is -1.09. The van der Waals surface area contributed by atoms with Crippen LogP contribution in [0.3, 0.4) is 0 Å². The van der Waals surface area contributed by atoms with Gasteiger partial charge in [-0.05, 0) is 41.7 Å². The van der Waals surface area contributed by atoms with Crippen molar-refractivity contribution in [1.82, 2.24) is 4.90 Å². The molecule has 1 saturated carbocycles. The van der Waals surface area contributed by atoms with Gasteiger partial charge in [0.25, 0.3) is 0 Å². The lowest BCUT2D eigenvalue weighted by atomic mass is 9.94. The molecule has 24 heavy (non-hydrogen) atoms. The first-order valence-electron chi connectivity index (χ1n) is 7.91. The van der Waals surface area contributed by atoms with Crippen LogP contribution in [0.15, 0.2) is 48.5 Å². The second-order valence-electron chi connectivity index (χ2n) is 6.46. The molecule has 2 aromatic rings. The first kappa shape index (κ1) is 15.2. The van der Waals surface area contributed by atoms with Gasteiger partial charge in [-0.15, -0.1) is 0 Å². The van der Waals surface area contributed by atoms with Gasteiger partial charge in [0.2, 0.25) is 5.91 Å². The van der Waals surface area contributed by atoms with E-state index in [1.54, 1.807) is 18.2 Å². The highest BCUT2D eigenvalue weighted by molar-refractivity contribution is 6.30. The van der Waals surface area contributed by atoms with Crippen molar-refractivity contribution in [2.24, 2.45) is 0 Å². The van der Waals surface area contributed by atoms with Crippen LogP contribution in [0.4, 0.5) is 0 Å². The molecule has 4 nitrogen and oxygen atoms in total. The van der Waals surface area contributed by atoms with E-state index in [1.807, 2.05) is 30.3 Å². The smallest absolute Gasteiger partial charge is 0.331 e. The number of nitrogens with zero attached hydrogens (tertiary/aromatic N) is 1. The number of halogens is 1. The summed E-state index contributed by atoms with van der Waals surface area (Å²) in [6.07, 6.45) is 1.49. The molecular weight excluding hydrogens is 326 g/mol. The average Bonchev–Trinajstić information content (AvgIpc) is 3.28. The van der Waals surface area contributed by atoms with Crippen molar-refractivity contribution in [3.05, 3.63) is 70.2 Å². The summed E-state index contributed by atoms with van der Waals surface area (Å²) in [5.41, 5.74) is 1.94. The number of hydrogen-bond acceptors (Lipinski definition) is 2. The van der Waals surface area contributed by atoms with Gasteiger partial charge >= 0.3 is 5.97 Å². The number of rotatable bonds is 3. The van der Waals surface area contributed by atoms with Gasteiger partial charge in [0.1, 0.15) is 0 Å². The Morgan fingerprint density at radius 3 is 2.38 bits per heavy atom. The molecule has 2 aromatic carbocycles. The van der Waals surface area contributed by atoms with E-state index in [4.69, 9.17) is 11.6 Å². The molecule has 0 unspecified atom stereocenters. The molecule has 2 aliphatic rings. The lowest BCUT2D eigenvalue weighted by Gasteiger charge is -2.27. The SMILES string of the molecule is O=C(O)[C@H]1c2ccccc2CN1C(=O)C1(c2ccc(Cl)cc2)CC1. The zero-order valence-corrected chi connectivity index (χ0v) is 13.7. The number of hydrogen-bond donors (Lipinski definition) is 1. The van der Waals surface area contributed by atoms with Crippen LogP contribution in [-0.4, -0.2) is 21.9 Å². The summed E-state index contributed by atoms with van der Waals surface area (Å²) in [7, 11) is 0. The lowest BCUT2D eigenvalue weighted by Crippen LogP contribution is -2.40. The third kappa shape index (κ3) is 2.21. The molecule has 0 radical (unpaired) electrons. The largest absolute Gasteiger partial charge is 0.479 e. The number of carbonyl (C=O) groups is 2. The third-order valence-electron chi connectivity index (χ3n) is 5.05. The van der Waals surface area contributed by atoms with Crippen molar-refractivity contribution in [3.8, 4) is 0 Å². The van der Waals surface area contributed by atoms with E-state index in [0.29, 0.717) is 17.1 Å². The predicted molar refractivity (Wildman–Crippen MR) is 89.7 cm³/mol. The Balaban J connectivity index is 1.70. The van der Waals surface area contributed by atoms with Crippen molar-refractivity contribution in [1.29, 1.82) is 0 Å². The topological polar surface area (TPSA) is 57.6 Å². The molecule has 0 saturated heterocycles. The van der Waals surface area contributed by atoms with Gasteiger partial charge in [-0.1, -0.05) is 48.0 Å². The number of carboxylic acids is 1.